The number of H-pyrrole nitrogens is 1. The maximum Gasteiger partial charge on any atom is 0.322 e. The molecule has 0 fully saturated rings. The van der Waals surface area contributed by atoms with E-state index in [0.717, 1.165) is 40.2 Å². The summed E-state index contributed by atoms with van der Waals surface area (Å²) in [4.78, 5) is 32.1. The van der Waals surface area contributed by atoms with Gasteiger partial charge in [-0.2, -0.15) is 4.68 Å². The van der Waals surface area contributed by atoms with Gasteiger partial charge in [0.1, 0.15) is 18.7 Å². The van der Waals surface area contributed by atoms with Gasteiger partial charge in [0, 0.05) is 28.0 Å². The Morgan fingerprint density at radius 1 is 1.13 bits per heavy atom. The van der Waals surface area contributed by atoms with Crippen LogP contribution in [-0.4, -0.2) is 52.4 Å². The molecular weight excluding hydrogens is 508 g/mol. The number of rotatable bonds is 7. The van der Waals surface area contributed by atoms with Crippen LogP contribution in [0.15, 0.2) is 71.9 Å². The van der Waals surface area contributed by atoms with Crippen molar-refractivity contribution in [1.82, 2.24) is 34.7 Å². The largest absolute Gasteiger partial charge is 0.480 e. The number of nitrogens with one attached hydrogen (secondary N) is 2. The number of anilines is 1. The molecule has 0 unspecified atom stereocenters. The molecule has 190 valence electrons. The monoisotopic (exact) mass is 528 g/mol. The fraction of sp³-hybridized carbons (Fsp3) is 0.154. The fourth-order valence-corrected chi connectivity index (χ4v) is 4.99. The Hall–Kier alpha value is -4.77. The highest BCUT2D eigenvalue weighted by atomic mass is 35.5. The standard InChI is InChI=1S/C26H21ClN8O3/c27-17-3-7-22(34-14-30-32-33-34)20(11-17)16-9-19-6-8-23(35(19)24(36)10-16)26-29-12-21(31-26)15-1-4-18(5-2-15)28-13-25(37)38/h1-5,7,9-12,14,23,28H,6,8,13H2,(H,29,31)(H,37,38)/t23-/m0/s1. The maximum atomic E-state index is 13.4. The van der Waals surface area contributed by atoms with Gasteiger partial charge in [0.25, 0.3) is 5.56 Å². The maximum absolute atomic E-state index is 13.4. The van der Waals surface area contributed by atoms with Gasteiger partial charge in [0.15, 0.2) is 0 Å². The van der Waals surface area contributed by atoms with E-state index in [9.17, 15) is 9.59 Å². The van der Waals surface area contributed by atoms with Crippen molar-refractivity contribution in [1.29, 1.82) is 0 Å². The molecule has 2 aromatic carbocycles. The number of imidazole rings is 1. The lowest BCUT2D eigenvalue weighted by atomic mass is 10.0. The van der Waals surface area contributed by atoms with Crippen LogP contribution < -0.4 is 10.9 Å². The first kappa shape index (κ1) is 23.6. The first-order valence-electron chi connectivity index (χ1n) is 11.9. The molecule has 0 amide bonds. The smallest absolute Gasteiger partial charge is 0.322 e. The van der Waals surface area contributed by atoms with Crippen molar-refractivity contribution < 1.29 is 9.90 Å². The number of aromatic amines is 1. The van der Waals surface area contributed by atoms with Crippen molar-refractivity contribution in [3.05, 3.63) is 94.0 Å². The van der Waals surface area contributed by atoms with E-state index in [1.807, 2.05) is 36.4 Å². The lowest BCUT2D eigenvalue weighted by Crippen LogP contribution is -2.23. The fourth-order valence-electron chi connectivity index (χ4n) is 4.82. The molecule has 1 aliphatic rings. The summed E-state index contributed by atoms with van der Waals surface area (Å²) in [5, 5.41) is 23.6. The van der Waals surface area contributed by atoms with Crippen LogP contribution in [0.1, 0.15) is 24.0 Å². The number of nitrogens with zero attached hydrogens (tertiary/aromatic N) is 6. The predicted molar refractivity (Wildman–Crippen MR) is 140 cm³/mol. The first-order chi connectivity index (χ1) is 18.5. The highest BCUT2D eigenvalue weighted by molar-refractivity contribution is 6.31. The minimum atomic E-state index is -0.924. The summed E-state index contributed by atoms with van der Waals surface area (Å²) in [5.41, 5.74) is 5.43. The molecule has 12 heteroatoms. The van der Waals surface area contributed by atoms with Crippen LogP contribution in [0.25, 0.3) is 28.1 Å². The van der Waals surface area contributed by atoms with Crippen LogP contribution in [0.4, 0.5) is 5.69 Å². The SMILES string of the molecule is O=C(O)CNc1ccc(-c2cnc([C@@H]3CCc4cc(-c5cc(Cl)ccc5-n5cnnn5)cc(=O)n43)[nH]2)cc1. The van der Waals surface area contributed by atoms with Gasteiger partial charge in [-0.05, 0) is 70.8 Å². The van der Waals surface area contributed by atoms with Crippen LogP contribution >= 0.6 is 11.6 Å². The number of carboxylic acid groups (broad SMARTS) is 1. The summed E-state index contributed by atoms with van der Waals surface area (Å²) >= 11 is 6.29. The zero-order chi connectivity index (χ0) is 26.2. The molecule has 0 spiro atoms. The Bertz CT molecular complexity index is 1690. The Labute approximate surface area is 220 Å². The molecule has 38 heavy (non-hydrogen) atoms. The van der Waals surface area contributed by atoms with Gasteiger partial charge in [-0.3, -0.25) is 9.59 Å². The van der Waals surface area contributed by atoms with Crippen LogP contribution in [0, 0.1) is 0 Å². The van der Waals surface area contributed by atoms with E-state index in [2.05, 4.69) is 30.8 Å². The van der Waals surface area contributed by atoms with E-state index in [-0.39, 0.29) is 18.1 Å². The van der Waals surface area contributed by atoms with Gasteiger partial charge >= 0.3 is 5.97 Å². The van der Waals surface area contributed by atoms with E-state index >= 15 is 0 Å². The average molecular weight is 529 g/mol. The number of hydrogen-bond donors (Lipinski definition) is 3. The molecule has 4 heterocycles. The Kier molecular flexibility index (Phi) is 5.97. The summed E-state index contributed by atoms with van der Waals surface area (Å²) in [5.74, 6) is -0.217. The summed E-state index contributed by atoms with van der Waals surface area (Å²) in [6.07, 6.45) is 4.70. The summed E-state index contributed by atoms with van der Waals surface area (Å²) in [6, 6.07) is 16.2. The zero-order valence-electron chi connectivity index (χ0n) is 19.9. The zero-order valence-corrected chi connectivity index (χ0v) is 20.6. The number of aromatic nitrogens is 7. The number of pyridine rings is 1. The number of aliphatic carboxylic acids is 1. The minimum absolute atomic E-state index is 0.130. The third kappa shape index (κ3) is 4.43. The number of benzene rings is 2. The van der Waals surface area contributed by atoms with Crippen molar-refractivity contribution in [2.24, 2.45) is 0 Å². The number of fused-ring (bicyclic) bond motifs is 1. The number of aryl methyl sites for hydroxylation is 1. The Morgan fingerprint density at radius 2 is 1.97 bits per heavy atom. The first-order valence-corrected chi connectivity index (χ1v) is 12.2. The predicted octanol–water partition coefficient (Wildman–Crippen LogP) is 3.57. The highest BCUT2D eigenvalue weighted by Crippen LogP contribution is 2.34. The quantitative estimate of drug-likeness (QED) is 0.291. The third-order valence-electron chi connectivity index (χ3n) is 6.55. The molecule has 3 aromatic heterocycles. The van der Waals surface area contributed by atoms with Crippen LogP contribution in [0.3, 0.4) is 0 Å². The van der Waals surface area contributed by atoms with Crippen molar-refractivity contribution >= 4 is 23.3 Å². The van der Waals surface area contributed by atoms with Crippen molar-refractivity contribution in [2.45, 2.75) is 18.9 Å². The van der Waals surface area contributed by atoms with Crippen LogP contribution in [-0.2, 0) is 11.2 Å². The van der Waals surface area contributed by atoms with E-state index in [1.165, 1.54) is 6.33 Å². The van der Waals surface area contributed by atoms with Gasteiger partial charge in [-0.1, -0.05) is 23.7 Å². The van der Waals surface area contributed by atoms with Crippen molar-refractivity contribution in [2.75, 3.05) is 11.9 Å². The Morgan fingerprint density at radius 3 is 2.74 bits per heavy atom. The molecule has 6 rings (SSSR count). The molecular formula is C26H21ClN8O3. The summed E-state index contributed by atoms with van der Waals surface area (Å²) in [6.45, 7) is -0.151. The number of carboxylic acids is 1. The molecule has 1 atom stereocenters. The Balaban J connectivity index is 1.29. The molecule has 0 saturated carbocycles. The lowest BCUT2D eigenvalue weighted by Gasteiger charge is -2.15. The van der Waals surface area contributed by atoms with Crippen LogP contribution in [0.2, 0.25) is 5.02 Å². The molecule has 1 aliphatic heterocycles. The molecule has 11 nitrogen and oxygen atoms in total. The van der Waals surface area contributed by atoms with E-state index < -0.39 is 5.97 Å². The van der Waals surface area contributed by atoms with Crippen molar-refractivity contribution in [3.8, 4) is 28.1 Å². The van der Waals surface area contributed by atoms with Gasteiger partial charge in [0.05, 0.1) is 23.6 Å². The molecule has 5 aromatic rings. The average Bonchev–Trinajstić information content (AvgIpc) is 3.68. The van der Waals surface area contributed by atoms with Crippen molar-refractivity contribution in [3.63, 3.8) is 0 Å². The van der Waals surface area contributed by atoms with Gasteiger partial charge in [0.2, 0.25) is 0 Å². The summed E-state index contributed by atoms with van der Waals surface area (Å²) in [7, 11) is 0. The number of tetrazole rings is 1. The lowest BCUT2D eigenvalue weighted by molar-refractivity contribution is -0.134. The second-order valence-electron chi connectivity index (χ2n) is 8.92. The highest BCUT2D eigenvalue weighted by Gasteiger charge is 2.28. The normalized spacial score (nSPS) is 14.4. The molecule has 3 N–H and O–H groups in total. The molecule has 0 saturated heterocycles. The van der Waals surface area contributed by atoms with Crippen LogP contribution in [0.5, 0.6) is 0 Å². The van der Waals surface area contributed by atoms with E-state index in [1.54, 1.807) is 33.6 Å². The van der Waals surface area contributed by atoms with E-state index in [0.29, 0.717) is 23.0 Å². The molecule has 0 bridgehead atoms. The third-order valence-corrected chi connectivity index (χ3v) is 6.78. The van der Waals surface area contributed by atoms with Gasteiger partial charge < -0.3 is 20.0 Å². The summed E-state index contributed by atoms with van der Waals surface area (Å²) < 4.78 is 3.32. The minimum Gasteiger partial charge on any atom is -0.480 e. The van der Waals surface area contributed by atoms with Gasteiger partial charge in [-0.25, -0.2) is 4.98 Å². The topological polar surface area (TPSA) is 144 Å². The van der Waals surface area contributed by atoms with E-state index in [4.69, 9.17) is 16.7 Å². The second kappa shape index (κ2) is 9.60. The second-order valence-corrected chi connectivity index (χ2v) is 9.36. The number of halogens is 1. The molecule has 0 radical (unpaired) electrons. The number of hydrogen-bond acceptors (Lipinski definition) is 7. The number of carbonyl (C=O) groups is 1. The molecule has 0 aliphatic carbocycles. The van der Waals surface area contributed by atoms with Gasteiger partial charge in [-0.15, -0.1) is 5.10 Å².